The Hall–Kier alpha value is 0.620. The Morgan fingerprint density at radius 1 is 1.33 bits per heavy atom. The van der Waals surface area contributed by atoms with E-state index in [0.717, 1.165) is 5.75 Å². The molecule has 0 radical (unpaired) electrons. The molecule has 0 bridgehead atoms. The molecule has 40 valence electrons. The normalized spacial score (nSPS) is 6.00. The fourth-order valence-electron chi connectivity index (χ4n) is 0. The molecule has 0 fully saturated rings. The molecular weight excluding hydrogens is 116 g/mol. The Labute approximate surface area is 49.2 Å². The molecule has 0 rings (SSSR count). The van der Waals surface area contributed by atoms with Crippen molar-refractivity contribution in [3.8, 4) is 0 Å². The van der Waals surface area contributed by atoms with Gasteiger partial charge in [0.05, 0.1) is 0 Å². The number of nitrogens with two attached hydrogens (primary N) is 2. The summed E-state index contributed by atoms with van der Waals surface area (Å²) >= 11 is 6.82. The first kappa shape index (κ1) is 9.80. The molecule has 4 N–H and O–H groups in total. The van der Waals surface area contributed by atoms with Crippen LogP contribution in [0.3, 0.4) is 0 Å². The van der Waals surface area contributed by atoms with Crippen LogP contribution in [0.15, 0.2) is 0 Å². The summed E-state index contributed by atoms with van der Waals surface area (Å²) in [6, 6.07) is 0. The summed E-state index contributed by atoms with van der Waals surface area (Å²) in [7, 11) is 0. The van der Waals surface area contributed by atoms with Crippen molar-refractivity contribution < 1.29 is 0 Å². The van der Waals surface area contributed by atoms with Gasteiger partial charge in [0, 0.05) is 12.3 Å². The van der Waals surface area contributed by atoms with E-state index in [1.165, 1.54) is 0 Å². The largest absolute Gasteiger partial charge is 0.330 e. The standard InChI is InChI=1S/C2H7NS.H3NS/c3-1-2-4;1-2/h4H,1-3H2;2H,1H2. The van der Waals surface area contributed by atoms with Gasteiger partial charge in [-0.25, -0.2) is 0 Å². The first-order chi connectivity index (χ1) is 2.91. The first-order valence-corrected chi connectivity index (χ1v) is 2.63. The van der Waals surface area contributed by atoms with Gasteiger partial charge < -0.3 is 5.73 Å². The van der Waals surface area contributed by atoms with E-state index < -0.39 is 0 Å². The summed E-state index contributed by atoms with van der Waals surface area (Å²) in [6.07, 6.45) is 0. The number of hydrogen-bond donors (Lipinski definition) is 4. The van der Waals surface area contributed by atoms with Gasteiger partial charge in [-0.15, -0.1) is 12.8 Å². The van der Waals surface area contributed by atoms with Crippen LogP contribution in [0.1, 0.15) is 0 Å². The van der Waals surface area contributed by atoms with Crippen molar-refractivity contribution in [1.82, 2.24) is 0 Å². The van der Waals surface area contributed by atoms with E-state index in [-0.39, 0.29) is 0 Å². The smallest absolute Gasteiger partial charge is 0.00255 e. The third-order valence-electron chi connectivity index (χ3n) is 0.129. The molecule has 4 heteroatoms. The number of rotatable bonds is 1. The molecule has 6 heavy (non-hydrogen) atoms. The predicted octanol–water partition coefficient (Wildman–Crippen LogP) is -0.335. The number of hydrogen-bond acceptors (Lipinski definition) is 4. The van der Waals surface area contributed by atoms with Crippen LogP contribution in [0, 0.1) is 0 Å². The zero-order valence-electron chi connectivity index (χ0n) is 3.46. The van der Waals surface area contributed by atoms with E-state index in [1.54, 1.807) is 0 Å². The van der Waals surface area contributed by atoms with Gasteiger partial charge in [0.15, 0.2) is 0 Å². The van der Waals surface area contributed by atoms with E-state index in [2.05, 4.69) is 30.6 Å². The van der Waals surface area contributed by atoms with Gasteiger partial charge >= 0.3 is 0 Å². The molecule has 0 aliphatic heterocycles. The Balaban J connectivity index is 0. The van der Waals surface area contributed by atoms with Crippen LogP contribution in [0.5, 0.6) is 0 Å². The average Bonchev–Trinajstić information content (AvgIpc) is 1.72. The van der Waals surface area contributed by atoms with Gasteiger partial charge in [0.2, 0.25) is 0 Å². The maximum atomic E-state index is 4.95. The van der Waals surface area contributed by atoms with Crippen LogP contribution >= 0.6 is 25.4 Å². The molecular formula is C2H10N2S2. The van der Waals surface area contributed by atoms with E-state index in [9.17, 15) is 0 Å². The predicted molar refractivity (Wildman–Crippen MR) is 36.1 cm³/mol. The summed E-state index contributed by atoms with van der Waals surface area (Å²) in [5.41, 5.74) is 4.95. The highest BCUT2D eigenvalue weighted by Gasteiger charge is 1.56. The molecule has 0 aliphatic rings. The molecule has 0 aliphatic carbocycles. The number of thiol groups is 2. The van der Waals surface area contributed by atoms with Crippen molar-refractivity contribution in [3.63, 3.8) is 0 Å². The second-order valence-electron chi connectivity index (χ2n) is 0.512. The fourth-order valence-corrected chi connectivity index (χ4v) is 0. The van der Waals surface area contributed by atoms with Crippen LogP contribution in [-0.2, 0) is 0 Å². The third-order valence-corrected chi connectivity index (χ3v) is 0.387. The second-order valence-corrected chi connectivity index (χ2v) is 0.959. The van der Waals surface area contributed by atoms with Crippen molar-refractivity contribution in [2.75, 3.05) is 12.3 Å². The van der Waals surface area contributed by atoms with E-state index in [0.29, 0.717) is 6.54 Å². The minimum atomic E-state index is 0.684. The molecule has 0 aromatic carbocycles. The van der Waals surface area contributed by atoms with Gasteiger partial charge in [-0.05, 0) is 0 Å². The third kappa shape index (κ3) is 23.1. The molecule has 0 aromatic rings. The van der Waals surface area contributed by atoms with Crippen molar-refractivity contribution in [1.29, 1.82) is 0 Å². The van der Waals surface area contributed by atoms with Crippen molar-refractivity contribution in [2.45, 2.75) is 0 Å². The Morgan fingerprint density at radius 2 is 1.50 bits per heavy atom. The van der Waals surface area contributed by atoms with Gasteiger partial charge in [-0.2, -0.15) is 12.6 Å². The highest BCUT2D eigenvalue weighted by atomic mass is 32.1. The SMILES string of the molecule is NCCS.NS. The Morgan fingerprint density at radius 3 is 1.50 bits per heavy atom. The lowest BCUT2D eigenvalue weighted by Crippen LogP contribution is -1.97. The average molecular weight is 126 g/mol. The minimum absolute atomic E-state index is 0.684. The van der Waals surface area contributed by atoms with Crippen molar-refractivity contribution in [2.24, 2.45) is 10.9 Å². The van der Waals surface area contributed by atoms with E-state index >= 15 is 0 Å². The molecule has 0 unspecified atom stereocenters. The van der Waals surface area contributed by atoms with Crippen molar-refractivity contribution >= 4 is 25.4 Å². The van der Waals surface area contributed by atoms with Gasteiger partial charge in [-0.3, -0.25) is 5.14 Å². The molecule has 0 heterocycles. The highest BCUT2D eigenvalue weighted by Crippen LogP contribution is 1.58. The monoisotopic (exact) mass is 126 g/mol. The quantitative estimate of drug-likeness (QED) is 0.363. The summed E-state index contributed by atoms with van der Waals surface area (Å²) in [4.78, 5) is 0. The van der Waals surface area contributed by atoms with Crippen LogP contribution < -0.4 is 10.9 Å². The summed E-state index contributed by atoms with van der Waals surface area (Å²) in [5.74, 6) is 0.792. The van der Waals surface area contributed by atoms with Gasteiger partial charge in [-0.1, -0.05) is 0 Å². The molecule has 0 saturated carbocycles. The van der Waals surface area contributed by atoms with Crippen molar-refractivity contribution in [3.05, 3.63) is 0 Å². The molecule has 0 amide bonds. The van der Waals surface area contributed by atoms with Gasteiger partial charge in [0.1, 0.15) is 0 Å². The Kier molecular flexibility index (Phi) is 28.5. The maximum absolute atomic E-state index is 4.95. The lowest BCUT2D eigenvalue weighted by molar-refractivity contribution is 1.16. The zero-order valence-corrected chi connectivity index (χ0v) is 5.25. The Bertz CT molecular complexity index is 11.5. The van der Waals surface area contributed by atoms with Crippen LogP contribution in [0.2, 0.25) is 0 Å². The second kappa shape index (κ2) is 17.5. The molecule has 0 aromatic heterocycles. The molecule has 0 spiro atoms. The summed E-state index contributed by atoms with van der Waals surface area (Å²) in [6.45, 7) is 0.684. The first-order valence-electron chi connectivity index (χ1n) is 1.48. The lowest BCUT2D eigenvalue weighted by Gasteiger charge is -1.69. The minimum Gasteiger partial charge on any atom is -0.330 e. The zero-order chi connectivity index (χ0) is 5.41. The van der Waals surface area contributed by atoms with E-state index in [4.69, 9.17) is 5.73 Å². The topological polar surface area (TPSA) is 52.0 Å². The van der Waals surface area contributed by atoms with Crippen LogP contribution in [-0.4, -0.2) is 12.3 Å². The maximum Gasteiger partial charge on any atom is 0.00255 e. The summed E-state index contributed by atoms with van der Waals surface area (Å²) < 4.78 is 0. The fraction of sp³-hybridized carbons (Fsp3) is 1.00. The van der Waals surface area contributed by atoms with Crippen LogP contribution in [0.4, 0.5) is 0 Å². The van der Waals surface area contributed by atoms with Gasteiger partial charge in [0.25, 0.3) is 0 Å². The molecule has 2 nitrogen and oxygen atoms in total. The lowest BCUT2D eigenvalue weighted by atomic mass is 10.8. The molecule has 0 saturated heterocycles. The van der Waals surface area contributed by atoms with E-state index in [1.807, 2.05) is 0 Å². The molecule has 0 atom stereocenters. The van der Waals surface area contributed by atoms with Crippen LogP contribution in [0.25, 0.3) is 0 Å². The highest BCUT2D eigenvalue weighted by molar-refractivity contribution is 7.80. The summed E-state index contributed by atoms with van der Waals surface area (Å²) in [5, 5.41) is 4.19.